The Morgan fingerprint density at radius 3 is 2.22 bits per heavy atom. The molecule has 5 atom stereocenters. The van der Waals surface area contributed by atoms with Crippen LogP contribution in [0.2, 0.25) is 0 Å². The van der Waals surface area contributed by atoms with E-state index in [1.54, 1.807) is 27.7 Å². The van der Waals surface area contributed by atoms with E-state index in [1.165, 1.54) is 24.3 Å². The zero-order valence-corrected chi connectivity index (χ0v) is 18.0. The highest BCUT2D eigenvalue weighted by atomic mass is 16.9. The lowest BCUT2D eigenvalue weighted by Crippen LogP contribution is -2.59. The molecule has 0 bridgehead atoms. The molecule has 4 rings (SSSR count). The number of carbonyl (C=O) groups is 2. The fraction of sp³-hybridized carbons (Fsp3) is 0.600. The number of carbonyl (C=O) groups excluding carboxylic acids is 2. The van der Waals surface area contributed by atoms with Crippen molar-refractivity contribution in [2.45, 2.75) is 70.0 Å². The molecule has 0 spiro atoms. The number of fused-ring (bicyclic) bond motifs is 3. The third kappa shape index (κ3) is 4.59. The first-order valence-corrected chi connectivity index (χ1v) is 10.1. The maximum atomic E-state index is 12.9. The molecule has 0 aliphatic carbocycles. The Balaban J connectivity index is 1.38. The molecule has 1 unspecified atom stereocenters. The summed E-state index contributed by atoms with van der Waals surface area (Å²) in [5, 5.41) is 15.8. The summed E-state index contributed by atoms with van der Waals surface area (Å²) in [6.45, 7) is 6.60. The van der Waals surface area contributed by atoms with Crippen molar-refractivity contribution in [3.63, 3.8) is 0 Å². The van der Waals surface area contributed by atoms with Crippen LogP contribution in [0.25, 0.3) is 0 Å². The number of amides is 2. The average Bonchev–Trinajstić information content (AvgIpc) is 3.19. The monoisotopic (exact) mass is 451 g/mol. The van der Waals surface area contributed by atoms with Crippen molar-refractivity contribution in [2.24, 2.45) is 0 Å². The number of hydrogen-bond donors (Lipinski definition) is 2. The summed E-state index contributed by atoms with van der Waals surface area (Å²) >= 11 is 0. The van der Waals surface area contributed by atoms with Gasteiger partial charge in [0, 0.05) is 17.8 Å². The van der Waals surface area contributed by atoms with Crippen LogP contribution in [0.5, 0.6) is 0 Å². The molecule has 0 aromatic heterocycles. The smallest absolute Gasteiger partial charge is 0.269 e. The molecule has 1 aromatic rings. The van der Waals surface area contributed by atoms with Crippen LogP contribution in [-0.2, 0) is 33.3 Å². The second kappa shape index (κ2) is 8.05. The van der Waals surface area contributed by atoms with Crippen LogP contribution >= 0.6 is 0 Å². The highest BCUT2D eigenvalue weighted by Gasteiger charge is 2.62. The topological polar surface area (TPSA) is 147 Å². The van der Waals surface area contributed by atoms with Crippen molar-refractivity contribution in [2.75, 3.05) is 11.9 Å². The number of hydrogen-bond acceptors (Lipinski definition) is 9. The first-order chi connectivity index (χ1) is 14.9. The van der Waals surface area contributed by atoms with Gasteiger partial charge in [-0.25, -0.2) is 0 Å². The van der Waals surface area contributed by atoms with Gasteiger partial charge in [0.15, 0.2) is 24.0 Å². The van der Waals surface area contributed by atoms with E-state index in [4.69, 9.17) is 23.7 Å². The Labute approximate surface area is 183 Å². The second-order valence-corrected chi connectivity index (χ2v) is 8.66. The van der Waals surface area contributed by atoms with Gasteiger partial charge in [-0.1, -0.05) is 0 Å². The van der Waals surface area contributed by atoms with E-state index < -0.39 is 59.0 Å². The molecule has 3 aliphatic rings. The molecule has 2 amide bonds. The summed E-state index contributed by atoms with van der Waals surface area (Å²) < 4.78 is 29.3. The molecular formula is C20H25N3O9. The van der Waals surface area contributed by atoms with E-state index >= 15 is 0 Å². The maximum absolute atomic E-state index is 12.9. The van der Waals surface area contributed by atoms with Crippen LogP contribution in [0.3, 0.4) is 0 Å². The zero-order chi connectivity index (χ0) is 23.3. The van der Waals surface area contributed by atoms with Crippen molar-refractivity contribution in [3.05, 3.63) is 34.4 Å². The summed E-state index contributed by atoms with van der Waals surface area (Å²) in [6.07, 6.45) is -3.80. The molecular weight excluding hydrogens is 426 g/mol. The van der Waals surface area contributed by atoms with Crippen LogP contribution in [-0.4, -0.2) is 65.6 Å². The summed E-state index contributed by atoms with van der Waals surface area (Å²) in [5.41, 5.74) is 0.265. The number of ether oxygens (including phenoxy) is 5. The van der Waals surface area contributed by atoms with Gasteiger partial charge >= 0.3 is 0 Å². The van der Waals surface area contributed by atoms with Gasteiger partial charge in [-0.2, -0.15) is 0 Å². The Morgan fingerprint density at radius 2 is 1.56 bits per heavy atom. The lowest BCUT2D eigenvalue weighted by Gasteiger charge is -2.36. The Bertz CT molecular complexity index is 917. The third-order valence-electron chi connectivity index (χ3n) is 5.20. The number of benzene rings is 1. The van der Waals surface area contributed by atoms with Crippen LogP contribution in [0.1, 0.15) is 27.7 Å². The minimum absolute atomic E-state index is 0.0957. The summed E-state index contributed by atoms with van der Waals surface area (Å²) in [4.78, 5) is 35.2. The maximum Gasteiger partial charge on any atom is 0.269 e. The molecule has 2 N–H and O–H groups in total. The van der Waals surface area contributed by atoms with Crippen LogP contribution in [0, 0.1) is 10.1 Å². The molecule has 12 heteroatoms. The number of nitro groups is 1. The molecule has 1 aromatic carbocycles. The molecule has 174 valence electrons. The first-order valence-electron chi connectivity index (χ1n) is 10.1. The molecule has 0 saturated carbocycles. The number of rotatable bonds is 5. The lowest BCUT2D eigenvalue weighted by molar-refractivity contribution is -0.384. The van der Waals surface area contributed by atoms with Crippen molar-refractivity contribution >= 4 is 23.2 Å². The van der Waals surface area contributed by atoms with Gasteiger partial charge in [0.2, 0.25) is 5.91 Å². The van der Waals surface area contributed by atoms with E-state index in [0.29, 0.717) is 5.69 Å². The Kier molecular flexibility index (Phi) is 5.67. The number of non-ortho nitro benzene ring substituents is 1. The van der Waals surface area contributed by atoms with E-state index in [9.17, 15) is 19.7 Å². The number of anilines is 1. The molecule has 32 heavy (non-hydrogen) atoms. The largest absolute Gasteiger partial charge is 0.345 e. The zero-order valence-electron chi connectivity index (χ0n) is 18.0. The summed E-state index contributed by atoms with van der Waals surface area (Å²) in [5.74, 6) is -2.93. The van der Waals surface area contributed by atoms with E-state index in [-0.39, 0.29) is 12.2 Å². The predicted molar refractivity (Wildman–Crippen MR) is 107 cm³/mol. The van der Waals surface area contributed by atoms with E-state index in [1.807, 2.05) is 0 Å². The molecule has 3 saturated heterocycles. The molecule has 12 nitrogen and oxygen atoms in total. The van der Waals surface area contributed by atoms with Gasteiger partial charge in [0.05, 0.1) is 11.5 Å². The second-order valence-electron chi connectivity index (χ2n) is 8.66. The number of nitrogens with one attached hydrogen (secondary N) is 2. The number of nitrogens with zero attached hydrogens (tertiary/aromatic N) is 1. The minimum Gasteiger partial charge on any atom is -0.345 e. The molecule has 3 aliphatic heterocycles. The lowest BCUT2D eigenvalue weighted by atomic mass is 9.98. The first kappa shape index (κ1) is 22.6. The predicted octanol–water partition coefficient (Wildman–Crippen LogP) is 1.05. The SMILES string of the molecule is CC1(C)O[C@H]2OC(C(=O)NCC(=O)Nc3ccc([N+](=O)[O-])cc3)[C@@H]3OC(C)(C)O[C@@H]3[C@H]2O1. The normalized spacial score (nSPS) is 31.9. The quantitative estimate of drug-likeness (QED) is 0.495. The average molecular weight is 451 g/mol. The van der Waals surface area contributed by atoms with Crippen molar-refractivity contribution in [1.29, 1.82) is 0 Å². The van der Waals surface area contributed by atoms with E-state index in [0.717, 1.165) is 0 Å². The number of nitro benzene ring substituents is 1. The van der Waals surface area contributed by atoms with Crippen LogP contribution in [0.15, 0.2) is 24.3 Å². The van der Waals surface area contributed by atoms with Gasteiger partial charge in [-0.15, -0.1) is 0 Å². The molecule has 3 fully saturated rings. The van der Waals surface area contributed by atoms with Crippen molar-refractivity contribution in [3.8, 4) is 0 Å². The van der Waals surface area contributed by atoms with Crippen LogP contribution in [0.4, 0.5) is 11.4 Å². The van der Waals surface area contributed by atoms with Crippen molar-refractivity contribution in [1.82, 2.24) is 5.32 Å². The van der Waals surface area contributed by atoms with Gasteiger partial charge < -0.3 is 34.3 Å². The fourth-order valence-electron chi connectivity index (χ4n) is 3.96. The minimum atomic E-state index is -1.08. The Morgan fingerprint density at radius 1 is 0.969 bits per heavy atom. The fourth-order valence-corrected chi connectivity index (χ4v) is 3.96. The van der Waals surface area contributed by atoms with Crippen LogP contribution < -0.4 is 10.6 Å². The van der Waals surface area contributed by atoms with Gasteiger partial charge in [-0.05, 0) is 39.8 Å². The van der Waals surface area contributed by atoms with Gasteiger partial charge in [-0.3, -0.25) is 19.7 Å². The Hall–Kier alpha value is -2.64. The summed E-state index contributed by atoms with van der Waals surface area (Å²) in [7, 11) is 0. The van der Waals surface area contributed by atoms with E-state index in [2.05, 4.69) is 10.6 Å². The highest BCUT2D eigenvalue weighted by molar-refractivity contribution is 5.95. The third-order valence-corrected chi connectivity index (χ3v) is 5.20. The summed E-state index contributed by atoms with van der Waals surface area (Å²) in [6, 6.07) is 5.34. The van der Waals surface area contributed by atoms with Gasteiger partial charge in [0.25, 0.3) is 11.6 Å². The standard InChI is InChI=1S/C20H25N3O9/c1-19(2)29-13-14(30-19)16-18(32-20(3,4)31-16)28-15(13)17(25)21-9-12(24)22-10-5-7-11(8-6-10)23(26)27/h5-8,13-16,18H,9H2,1-4H3,(H,21,25)(H,22,24)/t13-,14+,15?,16-,18-/m1/s1. The highest BCUT2D eigenvalue weighted by Crippen LogP contribution is 2.44. The van der Waals surface area contributed by atoms with Crippen molar-refractivity contribution < 1.29 is 38.2 Å². The molecule has 3 heterocycles. The van der Waals surface area contributed by atoms with Gasteiger partial charge in [0.1, 0.15) is 18.3 Å². The molecule has 0 radical (unpaired) electrons.